The molecule has 0 saturated carbocycles. The molecule has 162 valence electrons. The van der Waals surface area contributed by atoms with Crippen molar-refractivity contribution in [1.29, 1.82) is 0 Å². The molecule has 27 heavy (non-hydrogen) atoms. The van der Waals surface area contributed by atoms with Crippen LogP contribution < -0.4 is 0 Å². The minimum Gasteiger partial charge on any atom is -0.408 e. The zero-order valence-electron chi connectivity index (χ0n) is 18.1. The predicted molar refractivity (Wildman–Crippen MR) is 112 cm³/mol. The van der Waals surface area contributed by atoms with Crippen LogP contribution in [0.25, 0.3) is 0 Å². The molecule has 0 spiro atoms. The Labute approximate surface area is 168 Å². The summed E-state index contributed by atoms with van der Waals surface area (Å²) < 4.78 is 4.73. The third kappa shape index (κ3) is 19.9. The lowest BCUT2D eigenvalue weighted by Gasteiger charge is -2.21. The number of unbranched alkanes of at least 4 members (excludes halogenated alkanes) is 15. The molecule has 0 radical (unpaired) electrons. The van der Waals surface area contributed by atoms with Crippen molar-refractivity contribution in [1.82, 2.24) is 0 Å². The van der Waals surface area contributed by atoms with Crippen LogP contribution in [-0.4, -0.2) is 22.2 Å². The number of esters is 1. The summed E-state index contributed by atoms with van der Waals surface area (Å²) in [6.45, 7) is 4.22. The van der Waals surface area contributed by atoms with Crippen molar-refractivity contribution in [3.8, 4) is 0 Å². The van der Waals surface area contributed by atoms with Gasteiger partial charge in [-0.2, -0.15) is 0 Å². The normalized spacial score (nSPS) is 11.7. The summed E-state index contributed by atoms with van der Waals surface area (Å²) in [6.07, 6.45) is 21.0. The molecule has 4 heteroatoms. The highest BCUT2D eigenvalue weighted by atomic mass is 16.8. The summed E-state index contributed by atoms with van der Waals surface area (Å²) in [5, 5.41) is 19.1. The van der Waals surface area contributed by atoms with Crippen LogP contribution in [0, 0.1) is 0 Å². The molecular weight excluding hydrogens is 340 g/mol. The first-order valence-corrected chi connectivity index (χ1v) is 11.7. The first-order valence-electron chi connectivity index (χ1n) is 11.7. The van der Waals surface area contributed by atoms with Crippen LogP contribution in [0.5, 0.6) is 0 Å². The molecule has 0 bridgehead atoms. The Bertz CT molecular complexity index is 328. The summed E-state index contributed by atoms with van der Waals surface area (Å²) in [5.41, 5.74) is 0. The molecular formula is C23H46O4. The van der Waals surface area contributed by atoms with Gasteiger partial charge in [0, 0.05) is 12.8 Å². The highest BCUT2D eigenvalue weighted by Gasteiger charge is 2.27. The van der Waals surface area contributed by atoms with Gasteiger partial charge in [-0.3, -0.25) is 4.79 Å². The summed E-state index contributed by atoms with van der Waals surface area (Å²) in [4.78, 5) is 11.6. The van der Waals surface area contributed by atoms with Gasteiger partial charge in [-0.1, -0.05) is 110 Å². The maximum atomic E-state index is 11.6. The fourth-order valence-corrected chi connectivity index (χ4v) is 3.33. The van der Waals surface area contributed by atoms with E-state index in [1.165, 1.54) is 77.0 Å². The van der Waals surface area contributed by atoms with Gasteiger partial charge < -0.3 is 14.9 Å². The minimum absolute atomic E-state index is 0.0775. The van der Waals surface area contributed by atoms with Crippen molar-refractivity contribution in [3.63, 3.8) is 0 Å². The van der Waals surface area contributed by atoms with E-state index in [9.17, 15) is 15.0 Å². The molecule has 0 aromatic rings. The van der Waals surface area contributed by atoms with Crippen LogP contribution >= 0.6 is 0 Å². The van der Waals surface area contributed by atoms with E-state index in [0.29, 0.717) is 6.42 Å². The predicted octanol–water partition coefficient (Wildman–Crippen LogP) is 6.62. The lowest BCUT2D eigenvalue weighted by Crippen LogP contribution is -2.34. The largest absolute Gasteiger partial charge is 0.408 e. The first kappa shape index (κ1) is 26.4. The molecule has 0 fully saturated rings. The summed E-state index contributed by atoms with van der Waals surface area (Å²) in [5.74, 6) is -2.80. The Morgan fingerprint density at radius 2 is 1.00 bits per heavy atom. The molecule has 4 nitrogen and oxygen atoms in total. The van der Waals surface area contributed by atoms with Crippen molar-refractivity contribution >= 4 is 5.97 Å². The third-order valence-electron chi connectivity index (χ3n) is 5.12. The molecule has 2 N–H and O–H groups in total. The van der Waals surface area contributed by atoms with E-state index in [1.807, 2.05) is 6.92 Å². The molecule has 0 aromatic carbocycles. The van der Waals surface area contributed by atoms with E-state index < -0.39 is 11.9 Å². The Hall–Kier alpha value is -0.610. The van der Waals surface area contributed by atoms with Gasteiger partial charge >= 0.3 is 11.9 Å². The van der Waals surface area contributed by atoms with Gasteiger partial charge in [-0.25, -0.2) is 0 Å². The number of carbonyl (C=O) groups excluding carboxylic acids is 1. The summed E-state index contributed by atoms with van der Waals surface area (Å²) in [7, 11) is 0. The maximum absolute atomic E-state index is 11.6. The van der Waals surface area contributed by atoms with Gasteiger partial charge in [0.2, 0.25) is 0 Å². The van der Waals surface area contributed by atoms with Gasteiger partial charge in [-0.15, -0.1) is 0 Å². The molecule has 0 unspecified atom stereocenters. The van der Waals surface area contributed by atoms with Crippen LogP contribution in [0.4, 0.5) is 0 Å². The number of hydrogen-bond acceptors (Lipinski definition) is 4. The van der Waals surface area contributed by atoms with Gasteiger partial charge in [0.05, 0.1) is 0 Å². The summed E-state index contributed by atoms with van der Waals surface area (Å²) >= 11 is 0. The Morgan fingerprint density at radius 3 is 1.41 bits per heavy atom. The first-order chi connectivity index (χ1) is 13.0. The average Bonchev–Trinajstić information content (AvgIpc) is 2.63. The van der Waals surface area contributed by atoms with Gasteiger partial charge in [0.1, 0.15) is 0 Å². The van der Waals surface area contributed by atoms with Crippen molar-refractivity contribution in [2.24, 2.45) is 0 Å². The quantitative estimate of drug-likeness (QED) is 0.140. The molecule has 0 aliphatic heterocycles. The molecule has 0 aromatic heterocycles. The number of carbonyl (C=O) groups is 1. The molecule has 0 rings (SSSR count). The number of hydrogen-bond donors (Lipinski definition) is 2. The fourth-order valence-electron chi connectivity index (χ4n) is 3.33. The zero-order chi connectivity index (χ0) is 20.2. The number of aliphatic hydroxyl groups is 2. The lowest BCUT2D eigenvalue weighted by atomic mass is 10.0. The Kier molecular flexibility index (Phi) is 18.3. The number of ether oxygens (including phenoxy) is 1. The SMILES string of the molecule is CCCCCCCCCCCCCCCCCC(=O)OC(O)(O)CCCC. The monoisotopic (exact) mass is 386 g/mol. The summed E-state index contributed by atoms with van der Waals surface area (Å²) in [6, 6.07) is 0. The minimum atomic E-state index is -2.29. The van der Waals surface area contributed by atoms with E-state index >= 15 is 0 Å². The van der Waals surface area contributed by atoms with Gasteiger partial charge in [0.15, 0.2) is 0 Å². The second kappa shape index (κ2) is 18.7. The maximum Gasteiger partial charge on any atom is 0.324 e. The molecule has 0 amide bonds. The highest BCUT2D eigenvalue weighted by Crippen LogP contribution is 2.16. The van der Waals surface area contributed by atoms with Crippen LogP contribution in [0.15, 0.2) is 0 Å². The van der Waals surface area contributed by atoms with Crippen LogP contribution in [-0.2, 0) is 9.53 Å². The van der Waals surface area contributed by atoms with E-state index in [0.717, 1.165) is 25.7 Å². The molecule has 0 aliphatic carbocycles. The fraction of sp³-hybridized carbons (Fsp3) is 0.957. The molecule has 0 heterocycles. The lowest BCUT2D eigenvalue weighted by molar-refractivity contribution is -0.322. The van der Waals surface area contributed by atoms with E-state index in [1.54, 1.807) is 0 Å². The van der Waals surface area contributed by atoms with Crippen LogP contribution in [0.2, 0.25) is 0 Å². The van der Waals surface area contributed by atoms with E-state index in [4.69, 9.17) is 4.74 Å². The highest BCUT2D eigenvalue weighted by molar-refractivity contribution is 5.69. The van der Waals surface area contributed by atoms with Crippen LogP contribution in [0.1, 0.15) is 136 Å². The van der Waals surface area contributed by atoms with Crippen molar-refractivity contribution < 1.29 is 19.7 Å². The topological polar surface area (TPSA) is 66.8 Å². The van der Waals surface area contributed by atoms with E-state index in [-0.39, 0.29) is 12.8 Å². The Morgan fingerprint density at radius 1 is 0.630 bits per heavy atom. The zero-order valence-corrected chi connectivity index (χ0v) is 18.1. The average molecular weight is 387 g/mol. The van der Waals surface area contributed by atoms with Crippen molar-refractivity contribution in [2.75, 3.05) is 0 Å². The standard InChI is InChI=1S/C23H46O4/c1-3-5-7-8-9-10-11-12-13-14-15-16-17-18-19-20-22(24)27-23(25,26)21-6-4-2/h25-26H,3-21H2,1-2H3. The van der Waals surface area contributed by atoms with E-state index in [2.05, 4.69) is 6.92 Å². The third-order valence-corrected chi connectivity index (χ3v) is 5.12. The molecule has 0 aliphatic rings. The van der Waals surface area contributed by atoms with Crippen molar-refractivity contribution in [2.45, 2.75) is 142 Å². The smallest absolute Gasteiger partial charge is 0.324 e. The Balaban J connectivity index is 3.29. The second-order valence-corrected chi connectivity index (χ2v) is 8.02. The molecule has 0 saturated heterocycles. The second-order valence-electron chi connectivity index (χ2n) is 8.02. The number of rotatable bonds is 20. The van der Waals surface area contributed by atoms with Gasteiger partial charge in [0.25, 0.3) is 0 Å². The van der Waals surface area contributed by atoms with Crippen molar-refractivity contribution in [3.05, 3.63) is 0 Å². The van der Waals surface area contributed by atoms with Crippen LogP contribution in [0.3, 0.4) is 0 Å². The van der Waals surface area contributed by atoms with Gasteiger partial charge in [-0.05, 0) is 12.8 Å². The molecule has 0 atom stereocenters.